The van der Waals surface area contributed by atoms with Gasteiger partial charge in [-0.25, -0.2) is 4.79 Å². The van der Waals surface area contributed by atoms with Crippen LogP contribution in [-0.2, 0) is 18.3 Å². The summed E-state index contributed by atoms with van der Waals surface area (Å²) >= 11 is 0. The van der Waals surface area contributed by atoms with Gasteiger partial charge >= 0.3 is 5.69 Å². The molecule has 162 valence electrons. The van der Waals surface area contributed by atoms with Crippen molar-refractivity contribution in [2.24, 2.45) is 7.05 Å². The minimum Gasteiger partial charge on any atom is -0.491 e. The topological polar surface area (TPSA) is 123 Å². The first-order valence-corrected chi connectivity index (χ1v) is 9.70. The number of fused-ring (bicyclic) bond motifs is 1. The van der Waals surface area contributed by atoms with Crippen molar-refractivity contribution in [2.75, 3.05) is 32.2 Å². The molecule has 0 bridgehead atoms. The number of methoxy groups -OCH3 is 1. The number of hydrogen-bond donors (Lipinski definition) is 3. The van der Waals surface area contributed by atoms with Crippen LogP contribution in [0.3, 0.4) is 0 Å². The van der Waals surface area contributed by atoms with Crippen molar-refractivity contribution in [2.45, 2.75) is 26.0 Å². The molecule has 10 nitrogen and oxygen atoms in total. The number of aliphatic hydroxyl groups excluding tert-OH is 1. The van der Waals surface area contributed by atoms with Crippen LogP contribution in [0.2, 0.25) is 0 Å². The standard InChI is InChI=1S/C20H27N5O5/c1-13-6-4-7-15(10-13)30-12-14(26)11-25-16-17(24(2)20(28)23-18(16)27)22-19(25)21-8-5-9-29-3/h4,6-7,10,14,26H,5,8-9,11-12H2,1-3H3,(H,21,22)(H,23,27,28)/t14-/m0/s1. The van der Waals surface area contributed by atoms with Crippen molar-refractivity contribution >= 4 is 17.1 Å². The van der Waals surface area contributed by atoms with Crippen LogP contribution in [0.5, 0.6) is 5.75 Å². The van der Waals surface area contributed by atoms with Crippen molar-refractivity contribution in [3.05, 3.63) is 50.7 Å². The third-order valence-corrected chi connectivity index (χ3v) is 4.64. The highest BCUT2D eigenvalue weighted by atomic mass is 16.5. The van der Waals surface area contributed by atoms with Gasteiger partial charge in [0.15, 0.2) is 11.2 Å². The summed E-state index contributed by atoms with van der Waals surface area (Å²) in [5.41, 5.74) is 0.395. The van der Waals surface area contributed by atoms with Gasteiger partial charge in [0.05, 0.1) is 6.54 Å². The number of H-pyrrole nitrogens is 1. The number of rotatable bonds is 10. The maximum atomic E-state index is 12.5. The van der Waals surface area contributed by atoms with Crippen molar-refractivity contribution in [3.63, 3.8) is 0 Å². The third-order valence-electron chi connectivity index (χ3n) is 4.64. The van der Waals surface area contributed by atoms with Gasteiger partial charge in [0.1, 0.15) is 18.5 Å². The molecule has 30 heavy (non-hydrogen) atoms. The van der Waals surface area contributed by atoms with Gasteiger partial charge in [-0.05, 0) is 31.0 Å². The highest BCUT2D eigenvalue weighted by Crippen LogP contribution is 2.17. The summed E-state index contributed by atoms with van der Waals surface area (Å²) in [6.45, 7) is 3.18. The number of ether oxygens (including phenoxy) is 2. The van der Waals surface area contributed by atoms with E-state index in [1.807, 2.05) is 31.2 Å². The van der Waals surface area contributed by atoms with Gasteiger partial charge in [0.25, 0.3) is 5.56 Å². The molecule has 2 aromatic heterocycles. The minimum absolute atomic E-state index is 0.0376. The Labute approximate surface area is 173 Å². The Morgan fingerprint density at radius 3 is 2.87 bits per heavy atom. The van der Waals surface area contributed by atoms with Crippen LogP contribution in [0.25, 0.3) is 11.2 Å². The first-order valence-electron chi connectivity index (χ1n) is 9.70. The van der Waals surface area contributed by atoms with Crippen LogP contribution in [-0.4, -0.2) is 57.2 Å². The fourth-order valence-corrected chi connectivity index (χ4v) is 3.12. The normalized spacial score (nSPS) is 12.3. The number of imidazole rings is 1. The highest BCUT2D eigenvalue weighted by molar-refractivity contribution is 5.74. The quantitative estimate of drug-likeness (QED) is 0.413. The first kappa shape index (κ1) is 21.6. The van der Waals surface area contributed by atoms with E-state index in [2.05, 4.69) is 15.3 Å². The SMILES string of the molecule is COCCCNc1nc2c(c(=O)[nH]c(=O)n2C)n1C[C@H](O)COc1cccc(C)c1. The van der Waals surface area contributed by atoms with E-state index >= 15 is 0 Å². The molecule has 0 fully saturated rings. The maximum absolute atomic E-state index is 12.5. The summed E-state index contributed by atoms with van der Waals surface area (Å²) in [5, 5.41) is 13.7. The van der Waals surface area contributed by atoms with Crippen LogP contribution in [0, 0.1) is 6.92 Å². The Morgan fingerprint density at radius 1 is 1.33 bits per heavy atom. The third kappa shape index (κ3) is 4.89. The average molecular weight is 417 g/mol. The number of aromatic nitrogens is 4. The van der Waals surface area contributed by atoms with Crippen LogP contribution in [0.4, 0.5) is 5.95 Å². The molecule has 0 saturated heterocycles. The van der Waals surface area contributed by atoms with E-state index in [4.69, 9.17) is 9.47 Å². The first-order chi connectivity index (χ1) is 14.4. The second-order valence-corrected chi connectivity index (χ2v) is 7.09. The molecule has 0 spiro atoms. The predicted molar refractivity (Wildman–Crippen MR) is 113 cm³/mol. The molecule has 0 aliphatic rings. The van der Waals surface area contributed by atoms with Crippen LogP contribution >= 0.6 is 0 Å². The van der Waals surface area contributed by atoms with Crippen LogP contribution in [0.1, 0.15) is 12.0 Å². The van der Waals surface area contributed by atoms with Crippen LogP contribution in [0.15, 0.2) is 33.9 Å². The second kappa shape index (κ2) is 9.59. The minimum atomic E-state index is -0.904. The fraction of sp³-hybridized carbons (Fsp3) is 0.450. The molecule has 0 saturated carbocycles. The summed E-state index contributed by atoms with van der Waals surface area (Å²) < 4.78 is 13.6. The lowest BCUT2D eigenvalue weighted by molar-refractivity contribution is 0.0938. The Kier molecular flexibility index (Phi) is 6.91. The van der Waals surface area contributed by atoms with Gasteiger partial charge in [-0.1, -0.05) is 12.1 Å². The zero-order chi connectivity index (χ0) is 21.7. The van der Waals surface area contributed by atoms with Crippen molar-refractivity contribution in [3.8, 4) is 5.75 Å². The Bertz CT molecular complexity index is 1120. The van der Waals surface area contributed by atoms with E-state index < -0.39 is 17.4 Å². The molecule has 10 heteroatoms. The lowest BCUT2D eigenvalue weighted by Gasteiger charge is -2.16. The molecule has 0 amide bonds. The number of aromatic amines is 1. The largest absolute Gasteiger partial charge is 0.491 e. The van der Waals surface area contributed by atoms with Crippen molar-refractivity contribution in [1.82, 2.24) is 19.1 Å². The molecule has 3 rings (SSSR count). The molecule has 2 heterocycles. The van der Waals surface area contributed by atoms with Gasteiger partial charge in [0.2, 0.25) is 5.95 Å². The lowest BCUT2D eigenvalue weighted by Crippen LogP contribution is -2.31. The van der Waals surface area contributed by atoms with E-state index in [0.29, 0.717) is 24.8 Å². The van der Waals surface area contributed by atoms with Gasteiger partial charge in [-0.15, -0.1) is 0 Å². The fourth-order valence-electron chi connectivity index (χ4n) is 3.12. The molecule has 0 aliphatic heterocycles. The summed E-state index contributed by atoms with van der Waals surface area (Å²) in [7, 11) is 3.15. The number of nitrogens with zero attached hydrogens (tertiary/aromatic N) is 3. The molecule has 0 unspecified atom stereocenters. The summed E-state index contributed by atoms with van der Waals surface area (Å²) in [5.74, 6) is 1.05. The molecule has 3 aromatic rings. The number of aliphatic hydroxyl groups is 1. The van der Waals surface area contributed by atoms with E-state index in [9.17, 15) is 14.7 Å². The van der Waals surface area contributed by atoms with Gasteiger partial charge < -0.3 is 24.5 Å². The number of aryl methyl sites for hydroxylation is 2. The van der Waals surface area contributed by atoms with Crippen molar-refractivity contribution < 1.29 is 14.6 Å². The Balaban J connectivity index is 1.85. The molecular formula is C20H27N5O5. The molecule has 3 N–H and O–H groups in total. The van der Waals surface area contributed by atoms with E-state index in [1.54, 1.807) is 11.7 Å². The van der Waals surface area contributed by atoms with Crippen molar-refractivity contribution in [1.29, 1.82) is 0 Å². The number of nitrogens with one attached hydrogen (secondary N) is 2. The highest BCUT2D eigenvalue weighted by Gasteiger charge is 2.19. The number of benzene rings is 1. The van der Waals surface area contributed by atoms with Crippen LogP contribution < -0.4 is 21.3 Å². The average Bonchev–Trinajstić information content (AvgIpc) is 3.07. The molecule has 1 aromatic carbocycles. The molecular weight excluding hydrogens is 390 g/mol. The summed E-state index contributed by atoms with van der Waals surface area (Å²) in [6, 6.07) is 7.53. The maximum Gasteiger partial charge on any atom is 0.329 e. The lowest BCUT2D eigenvalue weighted by atomic mass is 10.2. The predicted octanol–water partition coefficient (Wildman–Crippen LogP) is 0.620. The number of hydrogen-bond acceptors (Lipinski definition) is 7. The Hall–Kier alpha value is -3.11. The van der Waals surface area contributed by atoms with E-state index in [-0.39, 0.29) is 24.3 Å². The van der Waals surface area contributed by atoms with Gasteiger partial charge in [-0.2, -0.15) is 4.98 Å². The molecule has 1 atom stereocenters. The zero-order valence-electron chi connectivity index (χ0n) is 17.3. The monoisotopic (exact) mass is 417 g/mol. The van der Waals surface area contributed by atoms with E-state index in [0.717, 1.165) is 12.0 Å². The van der Waals surface area contributed by atoms with Gasteiger partial charge in [-0.3, -0.25) is 14.3 Å². The van der Waals surface area contributed by atoms with Gasteiger partial charge in [0, 0.05) is 27.3 Å². The second-order valence-electron chi connectivity index (χ2n) is 7.09. The zero-order valence-corrected chi connectivity index (χ0v) is 17.3. The smallest absolute Gasteiger partial charge is 0.329 e. The summed E-state index contributed by atoms with van der Waals surface area (Å²) in [6.07, 6.45) is -0.173. The summed E-state index contributed by atoms with van der Waals surface area (Å²) in [4.78, 5) is 31.1. The van der Waals surface area contributed by atoms with E-state index in [1.165, 1.54) is 11.6 Å². The molecule has 0 radical (unpaired) electrons. The number of anilines is 1. The Morgan fingerprint density at radius 2 is 2.13 bits per heavy atom. The molecule has 0 aliphatic carbocycles.